The highest BCUT2D eigenvalue weighted by Crippen LogP contribution is 2.28. The average molecular weight is 288 g/mol. The SMILES string of the molecule is Cc1cc(NC(=O)c2c(C)n[nH]c2C)c([N+](=O)[O-])cc1C. The number of hydrogen-bond donors (Lipinski definition) is 2. The molecule has 110 valence electrons. The van der Waals surface area contributed by atoms with Gasteiger partial charge in [-0.15, -0.1) is 0 Å². The van der Waals surface area contributed by atoms with Gasteiger partial charge in [-0.1, -0.05) is 0 Å². The number of carbonyl (C=O) groups excluding carboxylic acids is 1. The van der Waals surface area contributed by atoms with Gasteiger partial charge in [-0.05, 0) is 44.9 Å². The molecule has 1 heterocycles. The predicted molar refractivity (Wildman–Crippen MR) is 78.6 cm³/mol. The maximum absolute atomic E-state index is 12.3. The van der Waals surface area contributed by atoms with E-state index in [1.54, 1.807) is 26.8 Å². The number of nitro groups is 1. The van der Waals surface area contributed by atoms with Crippen LogP contribution in [0.2, 0.25) is 0 Å². The van der Waals surface area contributed by atoms with Gasteiger partial charge in [-0.2, -0.15) is 5.10 Å². The summed E-state index contributed by atoms with van der Waals surface area (Å²) < 4.78 is 0. The van der Waals surface area contributed by atoms with Crippen molar-refractivity contribution in [1.82, 2.24) is 10.2 Å². The second-order valence-electron chi connectivity index (χ2n) is 4.97. The Bertz CT molecular complexity index is 715. The van der Waals surface area contributed by atoms with E-state index in [1.165, 1.54) is 6.07 Å². The van der Waals surface area contributed by atoms with Gasteiger partial charge in [0.05, 0.1) is 16.2 Å². The fourth-order valence-electron chi connectivity index (χ4n) is 2.12. The predicted octanol–water partition coefficient (Wildman–Crippen LogP) is 2.80. The lowest BCUT2D eigenvalue weighted by Crippen LogP contribution is -2.15. The first kappa shape index (κ1) is 14.7. The molecule has 21 heavy (non-hydrogen) atoms. The summed E-state index contributed by atoms with van der Waals surface area (Å²) in [5, 5.41) is 20.4. The number of nitro benzene ring substituents is 1. The normalized spacial score (nSPS) is 10.5. The number of carbonyl (C=O) groups is 1. The third-order valence-electron chi connectivity index (χ3n) is 3.41. The number of aromatic amines is 1. The van der Waals surface area contributed by atoms with Crippen LogP contribution in [0.15, 0.2) is 12.1 Å². The van der Waals surface area contributed by atoms with Gasteiger partial charge in [0.25, 0.3) is 11.6 Å². The molecule has 0 spiro atoms. The Balaban J connectivity index is 2.42. The van der Waals surface area contributed by atoms with E-state index >= 15 is 0 Å². The highest BCUT2D eigenvalue weighted by molar-refractivity contribution is 6.06. The summed E-state index contributed by atoms with van der Waals surface area (Å²) in [6.45, 7) is 7.05. The molecule has 7 heteroatoms. The van der Waals surface area contributed by atoms with Crippen LogP contribution >= 0.6 is 0 Å². The van der Waals surface area contributed by atoms with Gasteiger partial charge in [-0.25, -0.2) is 0 Å². The number of hydrogen-bond acceptors (Lipinski definition) is 4. The minimum absolute atomic E-state index is 0.120. The molecule has 0 saturated heterocycles. The standard InChI is InChI=1S/C14H16N4O3/c1-7-5-11(12(18(20)21)6-8(7)2)15-14(19)13-9(3)16-17-10(13)4/h5-6H,1-4H3,(H,15,19)(H,16,17). The second kappa shape index (κ2) is 5.35. The number of anilines is 1. The Morgan fingerprint density at radius 1 is 1.24 bits per heavy atom. The summed E-state index contributed by atoms with van der Waals surface area (Å²) in [6.07, 6.45) is 0. The molecule has 0 unspecified atom stereocenters. The number of nitrogens with zero attached hydrogens (tertiary/aromatic N) is 2. The van der Waals surface area contributed by atoms with Crippen LogP contribution < -0.4 is 5.32 Å². The van der Waals surface area contributed by atoms with Crippen LogP contribution in [-0.4, -0.2) is 21.0 Å². The maximum atomic E-state index is 12.3. The van der Waals surface area contributed by atoms with E-state index < -0.39 is 10.8 Å². The van der Waals surface area contributed by atoms with Crippen molar-refractivity contribution in [3.8, 4) is 0 Å². The van der Waals surface area contributed by atoms with E-state index in [2.05, 4.69) is 15.5 Å². The van der Waals surface area contributed by atoms with Crippen molar-refractivity contribution in [2.45, 2.75) is 27.7 Å². The largest absolute Gasteiger partial charge is 0.316 e. The van der Waals surface area contributed by atoms with Gasteiger partial charge in [0.2, 0.25) is 0 Å². The van der Waals surface area contributed by atoms with Crippen molar-refractivity contribution >= 4 is 17.3 Å². The molecular formula is C14H16N4O3. The van der Waals surface area contributed by atoms with Crippen molar-refractivity contribution < 1.29 is 9.72 Å². The van der Waals surface area contributed by atoms with E-state index in [-0.39, 0.29) is 11.4 Å². The van der Waals surface area contributed by atoms with Crippen LogP contribution in [-0.2, 0) is 0 Å². The van der Waals surface area contributed by atoms with Crippen LogP contribution in [0.25, 0.3) is 0 Å². The van der Waals surface area contributed by atoms with E-state index in [4.69, 9.17) is 0 Å². The highest BCUT2D eigenvalue weighted by atomic mass is 16.6. The number of benzene rings is 1. The first-order valence-corrected chi connectivity index (χ1v) is 6.39. The van der Waals surface area contributed by atoms with Gasteiger partial charge in [-0.3, -0.25) is 20.0 Å². The van der Waals surface area contributed by atoms with E-state index in [9.17, 15) is 14.9 Å². The molecule has 2 rings (SSSR count). The summed E-state index contributed by atoms with van der Waals surface area (Å²) >= 11 is 0. The molecule has 0 radical (unpaired) electrons. The number of amides is 1. The average Bonchev–Trinajstić information content (AvgIpc) is 2.72. The van der Waals surface area contributed by atoms with Crippen molar-refractivity contribution in [1.29, 1.82) is 0 Å². The lowest BCUT2D eigenvalue weighted by atomic mass is 10.1. The molecule has 0 aliphatic carbocycles. The van der Waals surface area contributed by atoms with Gasteiger partial charge in [0.1, 0.15) is 5.69 Å². The minimum Gasteiger partial charge on any atom is -0.316 e. The summed E-state index contributed by atoms with van der Waals surface area (Å²) in [5.74, 6) is -0.412. The molecule has 1 aromatic heterocycles. The highest BCUT2D eigenvalue weighted by Gasteiger charge is 2.21. The smallest absolute Gasteiger partial charge is 0.293 e. The second-order valence-corrected chi connectivity index (χ2v) is 4.97. The van der Waals surface area contributed by atoms with Crippen LogP contribution in [0.3, 0.4) is 0 Å². The lowest BCUT2D eigenvalue weighted by molar-refractivity contribution is -0.384. The van der Waals surface area contributed by atoms with E-state index in [1.807, 2.05) is 6.92 Å². The first-order chi connectivity index (χ1) is 9.81. The number of aryl methyl sites for hydroxylation is 4. The number of aromatic nitrogens is 2. The van der Waals surface area contributed by atoms with Crippen LogP contribution in [0.1, 0.15) is 32.9 Å². The maximum Gasteiger partial charge on any atom is 0.293 e. The Morgan fingerprint density at radius 3 is 2.38 bits per heavy atom. The zero-order chi connectivity index (χ0) is 15.7. The van der Waals surface area contributed by atoms with Crippen LogP contribution in [0.4, 0.5) is 11.4 Å². The zero-order valence-corrected chi connectivity index (χ0v) is 12.3. The Morgan fingerprint density at radius 2 is 1.86 bits per heavy atom. The number of rotatable bonds is 3. The van der Waals surface area contributed by atoms with Crippen LogP contribution in [0.5, 0.6) is 0 Å². The van der Waals surface area contributed by atoms with Gasteiger partial charge in [0, 0.05) is 11.8 Å². The molecule has 2 aromatic rings. The van der Waals surface area contributed by atoms with E-state index in [0.717, 1.165) is 11.1 Å². The number of nitrogens with one attached hydrogen (secondary N) is 2. The third-order valence-corrected chi connectivity index (χ3v) is 3.41. The van der Waals surface area contributed by atoms with Gasteiger partial charge >= 0.3 is 0 Å². The molecule has 0 saturated carbocycles. The quantitative estimate of drug-likeness (QED) is 0.669. The lowest BCUT2D eigenvalue weighted by Gasteiger charge is -2.09. The number of H-pyrrole nitrogens is 1. The fraction of sp³-hybridized carbons (Fsp3) is 0.286. The molecule has 1 aromatic carbocycles. The molecule has 0 aliphatic heterocycles. The van der Waals surface area contributed by atoms with Gasteiger partial charge in [0.15, 0.2) is 0 Å². The Hall–Kier alpha value is -2.70. The summed E-state index contributed by atoms with van der Waals surface area (Å²) in [5.41, 5.74) is 3.32. The van der Waals surface area contributed by atoms with Crippen molar-refractivity contribution in [3.05, 3.63) is 50.3 Å². The van der Waals surface area contributed by atoms with E-state index in [0.29, 0.717) is 17.0 Å². The Labute approximate surface area is 121 Å². The third kappa shape index (κ3) is 2.76. The van der Waals surface area contributed by atoms with Crippen molar-refractivity contribution in [2.75, 3.05) is 5.32 Å². The monoisotopic (exact) mass is 288 g/mol. The van der Waals surface area contributed by atoms with Crippen molar-refractivity contribution in [3.63, 3.8) is 0 Å². The topological polar surface area (TPSA) is 101 Å². The molecule has 0 atom stereocenters. The molecule has 2 N–H and O–H groups in total. The Kier molecular flexibility index (Phi) is 3.75. The van der Waals surface area contributed by atoms with Crippen LogP contribution in [0, 0.1) is 37.8 Å². The summed E-state index contributed by atoms with van der Waals surface area (Å²) in [6, 6.07) is 3.07. The molecule has 0 bridgehead atoms. The molecule has 1 amide bonds. The molecule has 0 fully saturated rings. The fourth-order valence-corrected chi connectivity index (χ4v) is 2.12. The summed E-state index contributed by atoms with van der Waals surface area (Å²) in [4.78, 5) is 22.9. The minimum atomic E-state index is -0.503. The van der Waals surface area contributed by atoms with Crippen molar-refractivity contribution in [2.24, 2.45) is 0 Å². The zero-order valence-electron chi connectivity index (χ0n) is 12.3. The molecule has 7 nitrogen and oxygen atoms in total. The summed E-state index contributed by atoms with van der Waals surface area (Å²) in [7, 11) is 0. The molecular weight excluding hydrogens is 272 g/mol. The molecule has 0 aliphatic rings. The van der Waals surface area contributed by atoms with Gasteiger partial charge < -0.3 is 5.32 Å². The first-order valence-electron chi connectivity index (χ1n) is 6.39.